The van der Waals surface area contributed by atoms with Gasteiger partial charge in [0.25, 0.3) is 0 Å². The molecule has 3 unspecified atom stereocenters. The zero-order chi connectivity index (χ0) is 14.8. The van der Waals surface area contributed by atoms with Crippen molar-refractivity contribution in [1.82, 2.24) is 10.2 Å². The van der Waals surface area contributed by atoms with Gasteiger partial charge in [0.05, 0.1) is 0 Å². The van der Waals surface area contributed by atoms with Crippen molar-refractivity contribution in [3.8, 4) is 0 Å². The van der Waals surface area contributed by atoms with Crippen molar-refractivity contribution in [2.24, 2.45) is 0 Å². The van der Waals surface area contributed by atoms with E-state index in [4.69, 9.17) is 10.0 Å². The maximum absolute atomic E-state index is 13.1. The maximum Gasteiger partial charge on any atom is 0.451 e. The summed E-state index contributed by atoms with van der Waals surface area (Å²) in [6.07, 6.45) is -0.918. The van der Waals surface area contributed by atoms with Crippen LogP contribution in [0.4, 0.5) is 13.2 Å². The van der Waals surface area contributed by atoms with Crippen molar-refractivity contribution in [2.45, 2.75) is 69.3 Å². The van der Waals surface area contributed by atoms with E-state index in [-0.39, 0.29) is 18.4 Å². The molecule has 3 N–H and O–H groups in total. The lowest BCUT2D eigenvalue weighted by Gasteiger charge is -2.33. The zero-order valence-electron chi connectivity index (χ0n) is 11.4. The fourth-order valence-electron chi connectivity index (χ4n) is 3.39. The Morgan fingerprint density at radius 3 is 2.50 bits per heavy atom. The van der Waals surface area contributed by atoms with E-state index in [1.54, 1.807) is 0 Å². The minimum atomic E-state index is -4.26. The van der Waals surface area contributed by atoms with E-state index in [1.807, 2.05) is 0 Å². The second kappa shape index (κ2) is 6.64. The SMILES string of the molecule is OB(O)CCCCN1C2CCCCC2NC1C(F)(F)F. The molecule has 20 heavy (non-hydrogen) atoms. The van der Waals surface area contributed by atoms with Crippen molar-refractivity contribution < 1.29 is 23.2 Å². The topological polar surface area (TPSA) is 55.7 Å². The molecule has 1 heterocycles. The minimum Gasteiger partial charge on any atom is -0.427 e. The number of fused-ring (bicyclic) bond motifs is 1. The summed E-state index contributed by atoms with van der Waals surface area (Å²) in [6, 6.07) is -0.0896. The first-order chi connectivity index (χ1) is 9.39. The number of rotatable bonds is 5. The van der Waals surface area contributed by atoms with Crippen LogP contribution >= 0.6 is 0 Å². The Labute approximate surface area is 117 Å². The summed E-state index contributed by atoms with van der Waals surface area (Å²) in [4.78, 5) is 1.54. The first-order valence-corrected chi connectivity index (χ1v) is 7.34. The largest absolute Gasteiger partial charge is 0.451 e. The lowest BCUT2D eigenvalue weighted by atomic mass is 9.83. The molecule has 0 aromatic heterocycles. The molecular formula is C12H22BF3N2O2. The van der Waals surface area contributed by atoms with Gasteiger partial charge in [0.1, 0.15) is 0 Å². The lowest BCUT2D eigenvalue weighted by Crippen LogP contribution is -2.49. The molecule has 0 amide bonds. The van der Waals surface area contributed by atoms with Crippen LogP contribution in [-0.2, 0) is 0 Å². The van der Waals surface area contributed by atoms with Crippen LogP contribution < -0.4 is 5.32 Å². The van der Waals surface area contributed by atoms with E-state index < -0.39 is 19.5 Å². The molecule has 0 aromatic rings. The molecule has 0 aromatic carbocycles. The van der Waals surface area contributed by atoms with Crippen LogP contribution in [-0.4, -0.2) is 53.0 Å². The number of nitrogens with one attached hydrogen (secondary N) is 1. The van der Waals surface area contributed by atoms with Crippen LogP contribution in [0.3, 0.4) is 0 Å². The summed E-state index contributed by atoms with van der Waals surface area (Å²) in [5, 5.41) is 20.3. The molecule has 1 saturated carbocycles. The first-order valence-electron chi connectivity index (χ1n) is 7.34. The Hall–Kier alpha value is -0.305. The van der Waals surface area contributed by atoms with E-state index in [1.165, 1.54) is 4.90 Å². The predicted octanol–water partition coefficient (Wildman–Crippen LogP) is 1.34. The monoisotopic (exact) mass is 294 g/mol. The number of hydrogen-bond donors (Lipinski definition) is 3. The third-order valence-corrected chi connectivity index (χ3v) is 4.30. The molecule has 4 nitrogen and oxygen atoms in total. The Morgan fingerprint density at radius 1 is 1.15 bits per heavy atom. The van der Waals surface area contributed by atoms with Gasteiger partial charge >= 0.3 is 13.3 Å². The van der Waals surface area contributed by atoms with Crippen LogP contribution in [0.15, 0.2) is 0 Å². The Kier molecular flexibility index (Phi) is 5.33. The summed E-state index contributed by atoms with van der Waals surface area (Å²) in [7, 11) is -1.37. The smallest absolute Gasteiger partial charge is 0.427 e. The van der Waals surface area contributed by atoms with Gasteiger partial charge in [-0.1, -0.05) is 19.3 Å². The normalized spacial score (nSPS) is 31.4. The molecule has 8 heteroatoms. The van der Waals surface area contributed by atoms with Gasteiger partial charge in [0.15, 0.2) is 6.17 Å². The van der Waals surface area contributed by atoms with E-state index >= 15 is 0 Å². The van der Waals surface area contributed by atoms with Crippen LogP contribution in [0.5, 0.6) is 0 Å². The molecule has 0 spiro atoms. The molecule has 1 aliphatic carbocycles. The Balaban J connectivity index is 1.93. The van der Waals surface area contributed by atoms with Gasteiger partial charge in [-0.2, -0.15) is 13.2 Å². The summed E-state index contributed by atoms with van der Waals surface area (Å²) in [5.41, 5.74) is 0. The molecule has 3 atom stereocenters. The quantitative estimate of drug-likeness (QED) is 0.529. The summed E-state index contributed by atoms with van der Waals surface area (Å²) < 4.78 is 39.3. The van der Waals surface area contributed by atoms with Crippen LogP contribution in [0.2, 0.25) is 6.32 Å². The van der Waals surface area contributed by atoms with E-state index in [9.17, 15) is 13.2 Å². The van der Waals surface area contributed by atoms with Gasteiger partial charge in [-0.25, -0.2) is 0 Å². The highest BCUT2D eigenvalue weighted by Crippen LogP contribution is 2.36. The fourth-order valence-corrected chi connectivity index (χ4v) is 3.39. The molecule has 0 radical (unpaired) electrons. The second-order valence-corrected chi connectivity index (χ2v) is 5.78. The molecule has 116 valence electrons. The van der Waals surface area contributed by atoms with Crippen molar-refractivity contribution in [1.29, 1.82) is 0 Å². The minimum absolute atomic E-state index is 0.0329. The lowest BCUT2D eigenvalue weighted by molar-refractivity contribution is -0.185. The Morgan fingerprint density at radius 2 is 1.85 bits per heavy atom. The average molecular weight is 294 g/mol. The molecule has 2 rings (SSSR count). The van der Waals surface area contributed by atoms with E-state index in [2.05, 4.69) is 5.32 Å². The third-order valence-electron chi connectivity index (χ3n) is 4.30. The van der Waals surface area contributed by atoms with Crippen LogP contribution in [0.1, 0.15) is 38.5 Å². The van der Waals surface area contributed by atoms with Gasteiger partial charge in [-0.3, -0.25) is 10.2 Å². The van der Waals surface area contributed by atoms with Gasteiger partial charge in [0.2, 0.25) is 0 Å². The van der Waals surface area contributed by atoms with Crippen LogP contribution in [0, 0.1) is 0 Å². The molecule has 2 aliphatic rings. The highest BCUT2D eigenvalue weighted by molar-refractivity contribution is 6.40. The van der Waals surface area contributed by atoms with Crippen molar-refractivity contribution in [3.63, 3.8) is 0 Å². The van der Waals surface area contributed by atoms with Gasteiger partial charge in [-0.05, 0) is 25.6 Å². The number of alkyl halides is 3. The van der Waals surface area contributed by atoms with Crippen molar-refractivity contribution in [3.05, 3.63) is 0 Å². The van der Waals surface area contributed by atoms with Crippen molar-refractivity contribution in [2.75, 3.05) is 6.54 Å². The fraction of sp³-hybridized carbons (Fsp3) is 1.00. The summed E-state index contributed by atoms with van der Waals surface area (Å²) in [6.45, 7) is 0.352. The highest BCUT2D eigenvalue weighted by atomic mass is 19.4. The first kappa shape index (κ1) is 16.1. The van der Waals surface area contributed by atoms with Crippen LogP contribution in [0.25, 0.3) is 0 Å². The number of nitrogens with zero attached hydrogens (tertiary/aromatic N) is 1. The van der Waals surface area contributed by atoms with Gasteiger partial charge in [0, 0.05) is 18.6 Å². The molecule has 1 saturated heterocycles. The van der Waals surface area contributed by atoms with Gasteiger partial charge < -0.3 is 10.0 Å². The Bertz CT molecular complexity index is 318. The second-order valence-electron chi connectivity index (χ2n) is 5.78. The zero-order valence-corrected chi connectivity index (χ0v) is 11.4. The third kappa shape index (κ3) is 3.87. The summed E-state index contributed by atoms with van der Waals surface area (Å²) >= 11 is 0. The molecule has 0 bridgehead atoms. The number of hydrogen-bond acceptors (Lipinski definition) is 4. The van der Waals surface area contributed by atoms with Gasteiger partial charge in [-0.15, -0.1) is 0 Å². The number of halogens is 3. The number of unbranched alkanes of at least 4 members (excludes halogenated alkanes) is 1. The highest BCUT2D eigenvalue weighted by Gasteiger charge is 2.53. The standard InChI is InChI=1S/C12H22BF3N2O2/c14-12(15,16)11-17-9-5-1-2-6-10(9)18(11)8-4-3-7-13(19)20/h9-11,17,19-20H,1-8H2. The van der Waals surface area contributed by atoms with Crippen molar-refractivity contribution >= 4 is 7.12 Å². The summed E-state index contributed by atoms with van der Waals surface area (Å²) in [5.74, 6) is 0. The van der Waals surface area contributed by atoms with E-state index in [0.29, 0.717) is 19.4 Å². The maximum atomic E-state index is 13.1. The molecular weight excluding hydrogens is 272 g/mol. The average Bonchev–Trinajstić information content (AvgIpc) is 2.73. The predicted molar refractivity (Wildman–Crippen MR) is 70.0 cm³/mol. The molecule has 2 fully saturated rings. The van der Waals surface area contributed by atoms with E-state index in [0.717, 1.165) is 25.7 Å². The molecule has 1 aliphatic heterocycles.